The van der Waals surface area contributed by atoms with Gasteiger partial charge in [0.15, 0.2) is 5.65 Å². The molecule has 1 aliphatic carbocycles. The Morgan fingerprint density at radius 1 is 1.31 bits per heavy atom. The molecule has 1 saturated carbocycles. The summed E-state index contributed by atoms with van der Waals surface area (Å²) >= 11 is 1.47. The van der Waals surface area contributed by atoms with Crippen molar-refractivity contribution in [3.63, 3.8) is 0 Å². The molecule has 5 heterocycles. The van der Waals surface area contributed by atoms with Gasteiger partial charge in [0.1, 0.15) is 17.3 Å². The number of allylic oxidation sites excluding steroid dienone is 1. The van der Waals surface area contributed by atoms with Crippen LogP contribution < -0.4 is 21.3 Å². The van der Waals surface area contributed by atoms with E-state index in [1.54, 1.807) is 23.0 Å². The summed E-state index contributed by atoms with van der Waals surface area (Å²) in [5, 5.41) is 15.5. The Bertz CT molecular complexity index is 1470. The van der Waals surface area contributed by atoms with Crippen LogP contribution in [-0.4, -0.2) is 48.0 Å². The van der Waals surface area contributed by atoms with Crippen molar-refractivity contribution in [2.75, 3.05) is 5.32 Å². The summed E-state index contributed by atoms with van der Waals surface area (Å²) in [5.41, 5.74) is 2.11. The normalized spacial score (nSPS) is 20.5. The van der Waals surface area contributed by atoms with Crippen LogP contribution in [0.25, 0.3) is 11.7 Å². The van der Waals surface area contributed by atoms with Crippen LogP contribution in [0, 0.1) is 0 Å². The van der Waals surface area contributed by atoms with Crippen LogP contribution in [0.3, 0.4) is 0 Å². The lowest BCUT2D eigenvalue weighted by Crippen LogP contribution is -2.24. The van der Waals surface area contributed by atoms with Crippen molar-refractivity contribution in [3.05, 3.63) is 58.4 Å². The first kappa shape index (κ1) is 22.3. The standard InChI is InChI=1S/C23H23N9O3S/c1-31-7-6-24-19(31)11-25-22(34)17-5-4-16(36-17)14-9-18(27-13-2-3-13)32-20(28-14)12(10-26-32)8-15-21(33)30-23(35)29-15/h5-10,13,16,27H,2-4,11H2,1H3,(H,25,34)(H2,29,30,33,35)/b15-8-. The molecule has 0 radical (unpaired) electrons. The van der Waals surface area contributed by atoms with Gasteiger partial charge in [0.05, 0.1) is 28.6 Å². The minimum Gasteiger partial charge on any atom is -0.367 e. The molecular weight excluding hydrogens is 482 g/mol. The highest BCUT2D eigenvalue weighted by molar-refractivity contribution is 8.04. The number of imidazole rings is 1. The Hall–Kier alpha value is -4.13. The van der Waals surface area contributed by atoms with Gasteiger partial charge in [-0.15, -0.1) is 11.8 Å². The van der Waals surface area contributed by atoms with Gasteiger partial charge in [-0.3, -0.25) is 14.9 Å². The van der Waals surface area contributed by atoms with Crippen molar-refractivity contribution in [2.24, 2.45) is 7.05 Å². The number of carbonyl (C=O) groups excluding carboxylic acids is 3. The highest BCUT2D eigenvalue weighted by Gasteiger charge is 2.29. The van der Waals surface area contributed by atoms with Crippen LogP contribution in [0.4, 0.5) is 10.6 Å². The fourth-order valence-electron chi connectivity index (χ4n) is 4.05. The number of urea groups is 1. The molecule has 0 bridgehead atoms. The smallest absolute Gasteiger partial charge is 0.326 e. The Morgan fingerprint density at radius 2 is 2.17 bits per heavy atom. The van der Waals surface area contributed by atoms with E-state index in [2.05, 4.69) is 31.3 Å². The van der Waals surface area contributed by atoms with Gasteiger partial charge in [-0.05, 0) is 25.3 Å². The summed E-state index contributed by atoms with van der Waals surface area (Å²) in [6.45, 7) is 0.350. The molecule has 12 nitrogen and oxygen atoms in total. The first-order valence-electron chi connectivity index (χ1n) is 11.5. The number of hydrogen-bond acceptors (Lipinski definition) is 8. The average Bonchev–Trinajstić information content (AvgIpc) is 3.21. The van der Waals surface area contributed by atoms with E-state index in [1.165, 1.54) is 11.8 Å². The molecule has 1 saturated heterocycles. The fraction of sp³-hybridized carbons (Fsp3) is 0.304. The van der Waals surface area contributed by atoms with Gasteiger partial charge in [0.25, 0.3) is 11.8 Å². The molecule has 3 aromatic rings. The first-order chi connectivity index (χ1) is 17.4. The summed E-state index contributed by atoms with van der Waals surface area (Å²) in [6, 6.07) is 1.80. The summed E-state index contributed by atoms with van der Waals surface area (Å²) < 4.78 is 3.57. The van der Waals surface area contributed by atoms with Crippen LogP contribution >= 0.6 is 11.8 Å². The number of aryl methyl sites for hydroxylation is 1. The first-order valence-corrected chi connectivity index (χ1v) is 12.4. The Kier molecular flexibility index (Phi) is 5.48. The molecule has 184 valence electrons. The second-order valence-corrected chi connectivity index (χ2v) is 10.1. The maximum absolute atomic E-state index is 12.8. The van der Waals surface area contributed by atoms with Crippen molar-refractivity contribution in [1.82, 2.24) is 40.1 Å². The SMILES string of the molecule is Cn1ccnc1CNC(=O)C1=CCC(c2cc(NC3CC3)n3ncc(/C=C4\NC(=O)NC4=O)c3n2)S1. The highest BCUT2D eigenvalue weighted by Crippen LogP contribution is 2.44. The third-order valence-corrected chi connectivity index (χ3v) is 7.46. The largest absolute Gasteiger partial charge is 0.367 e. The number of amides is 4. The Balaban J connectivity index is 1.25. The number of fused-ring (bicyclic) bond motifs is 1. The van der Waals surface area contributed by atoms with Gasteiger partial charge >= 0.3 is 6.03 Å². The summed E-state index contributed by atoms with van der Waals surface area (Å²) in [7, 11) is 1.89. The van der Waals surface area contributed by atoms with Crippen molar-refractivity contribution in [3.8, 4) is 0 Å². The number of nitrogens with zero attached hydrogens (tertiary/aromatic N) is 5. The Morgan fingerprint density at radius 3 is 2.89 bits per heavy atom. The number of anilines is 1. The lowest BCUT2D eigenvalue weighted by atomic mass is 10.2. The highest BCUT2D eigenvalue weighted by atomic mass is 32.2. The summed E-state index contributed by atoms with van der Waals surface area (Å²) in [6.07, 6.45) is 11.5. The van der Waals surface area contributed by atoms with Gasteiger partial charge in [-0.1, -0.05) is 6.08 Å². The van der Waals surface area contributed by atoms with E-state index in [4.69, 9.17) is 4.98 Å². The number of hydrogen-bond donors (Lipinski definition) is 4. The van der Waals surface area contributed by atoms with E-state index >= 15 is 0 Å². The predicted molar refractivity (Wildman–Crippen MR) is 132 cm³/mol. The van der Waals surface area contributed by atoms with Crippen LogP contribution in [0.2, 0.25) is 0 Å². The van der Waals surface area contributed by atoms with E-state index in [1.807, 2.05) is 30.0 Å². The molecule has 2 aliphatic heterocycles. The minimum absolute atomic E-state index is 0.0476. The number of aromatic nitrogens is 5. The number of carbonyl (C=O) groups is 3. The fourth-order valence-corrected chi connectivity index (χ4v) is 5.16. The molecule has 1 unspecified atom stereocenters. The molecule has 6 rings (SSSR count). The minimum atomic E-state index is -0.561. The molecule has 13 heteroatoms. The van der Waals surface area contributed by atoms with Crippen molar-refractivity contribution in [2.45, 2.75) is 37.1 Å². The Labute approximate surface area is 209 Å². The number of rotatable bonds is 7. The van der Waals surface area contributed by atoms with E-state index in [0.29, 0.717) is 35.1 Å². The van der Waals surface area contributed by atoms with E-state index in [9.17, 15) is 14.4 Å². The average molecular weight is 506 g/mol. The van der Waals surface area contributed by atoms with Crippen LogP contribution in [0.1, 0.15) is 41.6 Å². The maximum atomic E-state index is 12.8. The molecule has 4 amide bonds. The van der Waals surface area contributed by atoms with E-state index < -0.39 is 11.9 Å². The van der Waals surface area contributed by atoms with E-state index in [-0.39, 0.29) is 16.9 Å². The van der Waals surface area contributed by atoms with Crippen molar-refractivity contribution in [1.29, 1.82) is 0 Å². The lowest BCUT2D eigenvalue weighted by molar-refractivity contribution is -0.117. The third kappa shape index (κ3) is 4.33. The number of nitrogens with one attached hydrogen (secondary N) is 4. The summed E-state index contributed by atoms with van der Waals surface area (Å²) in [5.74, 6) is 0.945. The molecule has 36 heavy (non-hydrogen) atoms. The van der Waals surface area contributed by atoms with Crippen LogP contribution in [-0.2, 0) is 23.2 Å². The van der Waals surface area contributed by atoms with Gasteiger partial charge in [-0.2, -0.15) is 9.61 Å². The van der Waals surface area contributed by atoms with Gasteiger partial charge < -0.3 is 20.5 Å². The molecule has 1 atom stereocenters. The zero-order chi connectivity index (χ0) is 24.8. The van der Waals surface area contributed by atoms with Gasteiger partial charge in [0.2, 0.25) is 0 Å². The molecule has 3 aliphatic rings. The second kappa shape index (κ2) is 8.82. The van der Waals surface area contributed by atoms with Crippen LogP contribution in [0.15, 0.2) is 41.3 Å². The topological polar surface area (TPSA) is 147 Å². The number of imide groups is 1. The predicted octanol–water partition coefficient (Wildman–Crippen LogP) is 1.60. The van der Waals surface area contributed by atoms with Crippen LogP contribution in [0.5, 0.6) is 0 Å². The lowest BCUT2D eigenvalue weighted by Gasteiger charge is -2.14. The van der Waals surface area contributed by atoms with Crippen molar-refractivity contribution >= 4 is 47.1 Å². The molecule has 0 aromatic carbocycles. The zero-order valence-electron chi connectivity index (χ0n) is 19.3. The third-order valence-electron chi connectivity index (χ3n) is 6.14. The van der Waals surface area contributed by atoms with Gasteiger partial charge in [-0.25, -0.2) is 14.8 Å². The zero-order valence-corrected chi connectivity index (χ0v) is 20.1. The van der Waals surface area contributed by atoms with Gasteiger partial charge in [0, 0.05) is 37.1 Å². The second-order valence-electron chi connectivity index (χ2n) is 8.83. The molecular formula is C23H23N9O3S. The van der Waals surface area contributed by atoms with Crippen molar-refractivity contribution < 1.29 is 14.4 Å². The molecule has 0 spiro atoms. The van der Waals surface area contributed by atoms with E-state index in [0.717, 1.165) is 30.2 Å². The maximum Gasteiger partial charge on any atom is 0.326 e. The monoisotopic (exact) mass is 505 g/mol. The summed E-state index contributed by atoms with van der Waals surface area (Å²) in [4.78, 5) is 46.0. The quantitative estimate of drug-likeness (QED) is 0.280. The number of thioether (sulfide) groups is 1. The molecule has 2 fully saturated rings. The molecule has 3 aromatic heterocycles. The molecule has 4 N–H and O–H groups in total.